The number of rotatable bonds is 7. The third-order valence-corrected chi connectivity index (χ3v) is 3.74. The molecule has 0 saturated carbocycles. The first-order valence-corrected chi connectivity index (χ1v) is 7.67. The van der Waals surface area contributed by atoms with Crippen LogP contribution in [0.2, 0.25) is 0 Å². The first-order valence-electron chi connectivity index (χ1n) is 7.67. The third kappa shape index (κ3) is 4.57. The fourth-order valence-electron chi connectivity index (χ4n) is 2.43. The molecule has 1 N–H and O–H groups in total. The Balaban J connectivity index is 2.08. The lowest BCUT2D eigenvalue weighted by Gasteiger charge is -2.15. The predicted molar refractivity (Wildman–Crippen MR) is 91.5 cm³/mol. The Bertz CT molecular complexity index is 637. The van der Waals surface area contributed by atoms with E-state index in [0.29, 0.717) is 13.0 Å². The standard InChI is InChI=1S/C19H23NO3/c1-14(20-19(21)12-13-22-2)15-8-10-16(11-9-15)17-6-4-5-7-18(17)23-3/h4-11,14H,12-13H2,1-3H3,(H,20,21)/t14-/m0/s1. The lowest BCUT2D eigenvalue weighted by molar-refractivity contribution is -0.122. The normalized spacial score (nSPS) is 11.8. The van der Waals surface area contributed by atoms with Crippen LogP contribution in [0.1, 0.15) is 24.9 Å². The van der Waals surface area contributed by atoms with Gasteiger partial charge in [0.1, 0.15) is 5.75 Å². The van der Waals surface area contributed by atoms with Gasteiger partial charge < -0.3 is 14.8 Å². The molecule has 2 rings (SSSR count). The van der Waals surface area contributed by atoms with Gasteiger partial charge in [0.2, 0.25) is 5.91 Å². The molecule has 0 unspecified atom stereocenters. The SMILES string of the molecule is COCCC(=O)N[C@@H](C)c1ccc(-c2ccccc2OC)cc1. The van der Waals surface area contributed by atoms with Crippen LogP contribution >= 0.6 is 0 Å². The van der Waals surface area contributed by atoms with Crippen LogP contribution in [0.5, 0.6) is 5.75 Å². The maximum absolute atomic E-state index is 11.7. The Kier molecular flexibility index (Phi) is 6.18. The molecule has 0 saturated heterocycles. The minimum absolute atomic E-state index is 0.00634. The molecule has 0 radical (unpaired) electrons. The summed E-state index contributed by atoms with van der Waals surface area (Å²) in [5.74, 6) is 0.842. The van der Waals surface area contributed by atoms with E-state index in [4.69, 9.17) is 9.47 Å². The molecule has 4 heteroatoms. The summed E-state index contributed by atoms with van der Waals surface area (Å²) in [6.45, 7) is 2.41. The zero-order chi connectivity index (χ0) is 16.7. The molecule has 1 amide bonds. The highest BCUT2D eigenvalue weighted by atomic mass is 16.5. The van der Waals surface area contributed by atoms with E-state index in [0.717, 1.165) is 22.4 Å². The second kappa shape index (κ2) is 8.34. The average molecular weight is 313 g/mol. The summed E-state index contributed by atoms with van der Waals surface area (Å²) in [6.07, 6.45) is 0.375. The minimum atomic E-state index is -0.0360. The van der Waals surface area contributed by atoms with Gasteiger partial charge in [0.25, 0.3) is 0 Å². The predicted octanol–water partition coefficient (Wildman–Crippen LogP) is 3.58. The zero-order valence-electron chi connectivity index (χ0n) is 13.8. The molecule has 0 aliphatic carbocycles. The van der Waals surface area contributed by atoms with Crippen LogP contribution < -0.4 is 10.1 Å². The largest absolute Gasteiger partial charge is 0.496 e. The molecule has 0 aliphatic heterocycles. The smallest absolute Gasteiger partial charge is 0.222 e. The molecule has 0 fully saturated rings. The van der Waals surface area contributed by atoms with E-state index >= 15 is 0 Å². The number of hydrogen-bond donors (Lipinski definition) is 1. The van der Waals surface area contributed by atoms with E-state index in [1.165, 1.54) is 0 Å². The van der Waals surface area contributed by atoms with Gasteiger partial charge in [-0.3, -0.25) is 4.79 Å². The monoisotopic (exact) mass is 313 g/mol. The molecule has 4 nitrogen and oxygen atoms in total. The fourth-order valence-corrected chi connectivity index (χ4v) is 2.43. The number of carbonyl (C=O) groups is 1. The molecule has 0 spiro atoms. The van der Waals surface area contributed by atoms with Crippen molar-refractivity contribution in [2.45, 2.75) is 19.4 Å². The molecule has 0 bridgehead atoms. The third-order valence-electron chi connectivity index (χ3n) is 3.74. The van der Waals surface area contributed by atoms with E-state index in [1.807, 2.05) is 55.5 Å². The Hall–Kier alpha value is -2.33. The first kappa shape index (κ1) is 17.0. The Morgan fingerprint density at radius 3 is 2.43 bits per heavy atom. The lowest BCUT2D eigenvalue weighted by Crippen LogP contribution is -2.27. The minimum Gasteiger partial charge on any atom is -0.496 e. The Labute approximate surface area is 137 Å². The van der Waals surface area contributed by atoms with Crippen molar-refractivity contribution >= 4 is 5.91 Å². The highest BCUT2D eigenvalue weighted by Gasteiger charge is 2.10. The van der Waals surface area contributed by atoms with Crippen LogP contribution in [0.3, 0.4) is 0 Å². The van der Waals surface area contributed by atoms with Gasteiger partial charge in [-0.15, -0.1) is 0 Å². The van der Waals surface area contributed by atoms with E-state index in [-0.39, 0.29) is 11.9 Å². The molecule has 23 heavy (non-hydrogen) atoms. The van der Waals surface area contributed by atoms with E-state index < -0.39 is 0 Å². The van der Waals surface area contributed by atoms with Crippen molar-refractivity contribution in [3.63, 3.8) is 0 Å². The number of methoxy groups -OCH3 is 2. The highest BCUT2D eigenvalue weighted by Crippen LogP contribution is 2.30. The van der Waals surface area contributed by atoms with Crippen LogP contribution in [-0.4, -0.2) is 26.7 Å². The molecule has 0 aromatic heterocycles. The van der Waals surface area contributed by atoms with E-state index in [2.05, 4.69) is 5.32 Å². The number of nitrogens with one attached hydrogen (secondary N) is 1. The maximum atomic E-state index is 11.7. The molecular formula is C19H23NO3. The number of hydrogen-bond acceptors (Lipinski definition) is 3. The van der Waals surface area contributed by atoms with Crippen molar-refractivity contribution < 1.29 is 14.3 Å². The van der Waals surface area contributed by atoms with Crippen LogP contribution in [0.15, 0.2) is 48.5 Å². The summed E-state index contributed by atoms with van der Waals surface area (Å²) >= 11 is 0. The molecule has 2 aromatic carbocycles. The number of para-hydroxylation sites is 1. The van der Waals surface area contributed by atoms with Gasteiger partial charge in [-0.25, -0.2) is 0 Å². The topological polar surface area (TPSA) is 47.6 Å². The highest BCUT2D eigenvalue weighted by molar-refractivity contribution is 5.76. The van der Waals surface area contributed by atoms with Gasteiger partial charge in [0.05, 0.1) is 19.8 Å². The van der Waals surface area contributed by atoms with Crippen molar-refractivity contribution in [3.05, 3.63) is 54.1 Å². The molecule has 1 atom stereocenters. The van der Waals surface area contributed by atoms with Crippen molar-refractivity contribution in [1.29, 1.82) is 0 Å². The number of carbonyl (C=O) groups excluding carboxylic acids is 1. The summed E-state index contributed by atoms with van der Waals surface area (Å²) in [7, 11) is 3.26. The second-order valence-corrected chi connectivity index (χ2v) is 5.35. The van der Waals surface area contributed by atoms with Crippen LogP contribution in [0, 0.1) is 0 Å². The second-order valence-electron chi connectivity index (χ2n) is 5.35. The van der Waals surface area contributed by atoms with Crippen LogP contribution in [0.4, 0.5) is 0 Å². The van der Waals surface area contributed by atoms with Gasteiger partial charge in [-0.05, 0) is 24.1 Å². The van der Waals surface area contributed by atoms with Crippen molar-refractivity contribution in [1.82, 2.24) is 5.32 Å². The quantitative estimate of drug-likeness (QED) is 0.850. The van der Waals surface area contributed by atoms with E-state index in [9.17, 15) is 4.79 Å². The van der Waals surface area contributed by atoms with E-state index in [1.54, 1.807) is 14.2 Å². The lowest BCUT2D eigenvalue weighted by atomic mass is 10.0. The zero-order valence-corrected chi connectivity index (χ0v) is 13.8. The fraction of sp³-hybridized carbons (Fsp3) is 0.316. The summed E-state index contributed by atoms with van der Waals surface area (Å²) < 4.78 is 10.3. The molecular weight excluding hydrogens is 290 g/mol. The summed E-state index contributed by atoms with van der Waals surface area (Å²) in [4.78, 5) is 11.7. The van der Waals surface area contributed by atoms with Gasteiger partial charge in [0, 0.05) is 19.1 Å². The average Bonchev–Trinajstić information content (AvgIpc) is 2.60. The summed E-state index contributed by atoms with van der Waals surface area (Å²) in [5.41, 5.74) is 3.21. The van der Waals surface area contributed by atoms with Gasteiger partial charge in [-0.1, -0.05) is 42.5 Å². The molecule has 0 aliphatic rings. The first-order chi connectivity index (χ1) is 11.2. The van der Waals surface area contributed by atoms with Crippen molar-refractivity contribution in [3.8, 4) is 16.9 Å². The number of amides is 1. The maximum Gasteiger partial charge on any atom is 0.222 e. The van der Waals surface area contributed by atoms with Crippen LogP contribution in [-0.2, 0) is 9.53 Å². The van der Waals surface area contributed by atoms with Crippen molar-refractivity contribution in [2.75, 3.05) is 20.8 Å². The van der Waals surface area contributed by atoms with Crippen molar-refractivity contribution in [2.24, 2.45) is 0 Å². The van der Waals surface area contributed by atoms with Gasteiger partial charge in [0.15, 0.2) is 0 Å². The van der Waals surface area contributed by atoms with Gasteiger partial charge in [-0.2, -0.15) is 0 Å². The molecule has 122 valence electrons. The summed E-state index contributed by atoms with van der Waals surface area (Å²) in [5, 5.41) is 2.97. The van der Waals surface area contributed by atoms with Crippen LogP contribution in [0.25, 0.3) is 11.1 Å². The Morgan fingerprint density at radius 1 is 1.09 bits per heavy atom. The Morgan fingerprint density at radius 2 is 1.78 bits per heavy atom. The molecule has 2 aromatic rings. The number of benzene rings is 2. The summed E-state index contributed by atoms with van der Waals surface area (Å²) in [6, 6.07) is 16.0. The number of ether oxygens (including phenoxy) is 2. The molecule has 0 heterocycles. The van der Waals surface area contributed by atoms with Gasteiger partial charge >= 0.3 is 0 Å².